The van der Waals surface area contributed by atoms with Crippen LogP contribution >= 0.6 is 0 Å². The van der Waals surface area contributed by atoms with Crippen molar-refractivity contribution in [3.8, 4) is 5.75 Å². The summed E-state index contributed by atoms with van der Waals surface area (Å²) in [6.07, 6.45) is 3.22. The third-order valence-corrected chi connectivity index (χ3v) is 4.65. The molecule has 1 aromatic heterocycles. The molecule has 0 atom stereocenters. The largest absolute Gasteiger partial charge is 0.497 e. The van der Waals surface area contributed by atoms with E-state index in [0.717, 1.165) is 35.5 Å². The van der Waals surface area contributed by atoms with Crippen LogP contribution in [0.5, 0.6) is 5.75 Å². The predicted octanol–water partition coefficient (Wildman–Crippen LogP) is 4.22. The Balaban J connectivity index is 1.69. The van der Waals surface area contributed by atoms with Crippen molar-refractivity contribution in [3.63, 3.8) is 0 Å². The summed E-state index contributed by atoms with van der Waals surface area (Å²) in [5.41, 5.74) is 3.94. The van der Waals surface area contributed by atoms with Crippen molar-refractivity contribution < 1.29 is 9.53 Å². The van der Waals surface area contributed by atoms with Crippen LogP contribution in [0.2, 0.25) is 0 Å². The molecule has 0 radical (unpaired) electrons. The fourth-order valence-corrected chi connectivity index (χ4v) is 3.41. The Labute approximate surface area is 141 Å². The van der Waals surface area contributed by atoms with Gasteiger partial charge in [-0.15, -0.1) is 0 Å². The molecular formula is C20H20N2O2. The minimum atomic E-state index is 0.0382. The zero-order valence-electron chi connectivity index (χ0n) is 14.0. The van der Waals surface area contributed by atoms with Crippen LogP contribution in [0.4, 0.5) is 5.69 Å². The molecule has 0 aliphatic carbocycles. The number of hydrogen-bond acceptors (Lipinski definition) is 2. The lowest BCUT2D eigenvalue weighted by Gasteiger charge is -2.16. The summed E-state index contributed by atoms with van der Waals surface area (Å²) >= 11 is 0. The molecule has 1 aliphatic rings. The first-order valence-electron chi connectivity index (χ1n) is 8.29. The summed E-state index contributed by atoms with van der Waals surface area (Å²) < 4.78 is 7.49. The Bertz CT molecular complexity index is 927. The second kappa shape index (κ2) is 5.71. The van der Waals surface area contributed by atoms with Gasteiger partial charge in [0.1, 0.15) is 5.75 Å². The van der Waals surface area contributed by atoms with Gasteiger partial charge in [0.15, 0.2) is 0 Å². The van der Waals surface area contributed by atoms with E-state index in [4.69, 9.17) is 4.74 Å². The number of carbonyl (C=O) groups is 1. The maximum atomic E-state index is 12.8. The number of fused-ring (bicyclic) bond motifs is 2. The van der Waals surface area contributed by atoms with Crippen molar-refractivity contribution in [3.05, 3.63) is 59.8 Å². The maximum Gasteiger partial charge on any atom is 0.259 e. The number of hydrogen-bond donors (Lipinski definition) is 0. The quantitative estimate of drug-likeness (QED) is 0.721. The minimum absolute atomic E-state index is 0.0382. The molecule has 3 aromatic rings. The van der Waals surface area contributed by atoms with Gasteiger partial charge in [-0.3, -0.25) is 4.79 Å². The van der Waals surface area contributed by atoms with Crippen molar-refractivity contribution in [1.82, 2.24) is 4.57 Å². The molecule has 0 N–H and O–H groups in total. The number of nitrogens with zero attached hydrogens (tertiary/aromatic N) is 2. The van der Waals surface area contributed by atoms with Crippen LogP contribution in [0.1, 0.15) is 29.3 Å². The smallest absolute Gasteiger partial charge is 0.259 e. The molecule has 122 valence electrons. The molecule has 0 fully saturated rings. The lowest BCUT2D eigenvalue weighted by Crippen LogP contribution is -2.22. The van der Waals surface area contributed by atoms with Crippen molar-refractivity contribution in [2.24, 2.45) is 0 Å². The molecule has 4 rings (SSSR count). The Morgan fingerprint density at radius 1 is 1.12 bits per heavy atom. The third kappa shape index (κ3) is 2.26. The molecule has 1 aliphatic heterocycles. The van der Waals surface area contributed by atoms with Gasteiger partial charge in [0.05, 0.1) is 13.7 Å². The highest BCUT2D eigenvalue weighted by Gasteiger charge is 2.29. The van der Waals surface area contributed by atoms with Crippen molar-refractivity contribution in [2.45, 2.75) is 26.4 Å². The third-order valence-electron chi connectivity index (χ3n) is 4.65. The van der Waals surface area contributed by atoms with Crippen LogP contribution in [-0.2, 0) is 13.1 Å². The van der Waals surface area contributed by atoms with Gasteiger partial charge in [0.2, 0.25) is 0 Å². The summed E-state index contributed by atoms with van der Waals surface area (Å²) in [5, 5.41) is 1.17. The van der Waals surface area contributed by atoms with Crippen molar-refractivity contribution >= 4 is 22.5 Å². The highest BCUT2D eigenvalue weighted by Crippen LogP contribution is 2.32. The Kier molecular flexibility index (Phi) is 3.53. The number of amides is 1. The molecule has 0 spiro atoms. The van der Waals surface area contributed by atoms with E-state index in [1.807, 2.05) is 29.2 Å². The number of aromatic nitrogens is 1. The van der Waals surface area contributed by atoms with Gasteiger partial charge in [-0.2, -0.15) is 0 Å². The Morgan fingerprint density at radius 3 is 2.79 bits per heavy atom. The van der Waals surface area contributed by atoms with Crippen molar-refractivity contribution in [1.29, 1.82) is 0 Å². The van der Waals surface area contributed by atoms with E-state index in [1.54, 1.807) is 7.11 Å². The second-order valence-electron chi connectivity index (χ2n) is 6.17. The zero-order chi connectivity index (χ0) is 16.7. The van der Waals surface area contributed by atoms with E-state index in [9.17, 15) is 4.79 Å². The van der Waals surface area contributed by atoms with E-state index in [-0.39, 0.29) is 5.91 Å². The van der Waals surface area contributed by atoms with E-state index >= 15 is 0 Å². The Morgan fingerprint density at radius 2 is 2.00 bits per heavy atom. The van der Waals surface area contributed by atoms with Crippen LogP contribution < -0.4 is 9.64 Å². The summed E-state index contributed by atoms with van der Waals surface area (Å²) in [5.74, 6) is 0.757. The van der Waals surface area contributed by atoms with Crippen LogP contribution in [0.15, 0.2) is 48.7 Å². The molecule has 0 saturated carbocycles. The monoisotopic (exact) mass is 320 g/mol. The van der Waals surface area contributed by atoms with Gasteiger partial charge in [-0.25, -0.2) is 0 Å². The molecular weight excluding hydrogens is 300 g/mol. The summed E-state index contributed by atoms with van der Waals surface area (Å²) in [6.45, 7) is 3.80. The average Bonchev–Trinajstić information content (AvgIpc) is 3.16. The molecule has 0 saturated heterocycles. The fourth-order valence-electron chi connectivity index (χ4n) is 3.41. The molecule has 4 nitrogen and oxygen atoms in total. The number of ether oxygens (including phenoxy) is 1. The first-order chi connectivity index (χ1) is 11.7. The summed E-state index contributed by atoms with van der Waals surface area (Å²) in [6, 6.07) is 14.1. The van der Waals surface area contributed by atoms with E-state index < -0.39 is 0 Å². The van der Waals surface area contributed by atoms with Gasteiger partial charge in [0.25, 0.3) is 5.91 Å². The fraction of sp³-hybridized carbons (Fsp3) is 0.250. The lowest BCUT2D eigenvalue weighted by atomic mass is 10.1. The SMILES string of the molecule is CCCn1ccc2cc(N3Cc4ccc(OC)cc4C3=O)ccc21. The highest BCUT2D eigenvalue weighted by molar-refractivity contribution is 6.10. The standard InChI is InChI=1S/C20H20N2O2/c1-3-9-21-10-8-14-11-16(5-7-19(14)21)22-13-15-4-6-17(24-2)12-18(15)20(22)23/h4-8,10-12H,3,9,13H2,1-2H3. The number of rotatable bonds is 4. The summed E-state index contributed by atoms with van der Waals surface area (Å²) in [4.78, 5) is 14.6. The molecule has 0 bridgehead atoms. The normalized spacial score (nSPS) is 13.6. The maximum absolute atomic E-state index is 12.8. The molecule has 2 heterocycles. The van der Waals surface area contributed by atoms with Gasteiger partial charge in [-0.05, 0) is 48.4 Å². The van der Waals surface area contributed by atoms with E-state index in [0.29, 0.717) is 6.54 Å². The number of benzene rings is 2. The lowest BCUT2D eigenvalue weighted by molar-refractivity contribution is 0.0996. The summed E-state index contributed by atoms with van der Waals surface area (Å²) in [7, 11) is 1.62. The minimum Gasteiger partial charge on any atom is -0.497 e. The molecule has 1 amide bonds. The van der Waals surface area contributed by atoms with Gasteiger partial charge >= 0.3 is 0 Å². The zero-order valence-corrected chi connectivity index (χ0v) is 14.0. The molecule has 2 aromatic carbocycles. The van der Waals surface area contributed by atoms with Crippen LogP contribution in [0.3, 0.4) is 0 Å². The van der Waals surface area contributed by atoms with Crippen LogP contribution in [-0.4, -0.2) is 17.6 Å². The predicted molar refractivity (Wildman–Crippen MR) is 95.7 cm³/mol. The second-order valence-corrected chi connectivity index (χ2v) is 6.17. The number of anilines is 1. The number of aryl methyl sites for hydroxylation is 1. The van der Waals surface area contributed by atoms with Gasteiger partial charge in [0, 0.05) is 34.9 Å². The van der Waals surface area contributed by atoms with Gasteiger partial charge in [-0.1, -0.05) is 13.0 Å². The van der Waals surface area contributed by atoms with Crippen molar-refractivity contribution in [2.75, 3.05) is 12.0 Å². The average molecular weight is 320 g/mol. The molecule has 4 heteroatoms. The Hall–Kier alpha value is -2.75. The van der Waals surface area contributed by atoms with E-state index in [1.165, 1.54) is 10.9 Å². The number of carbonyl (C=O) groups excluding carboxylic acids is 1. The van der Waals surface area contributed by atoms with E-state index in [2.05, 4.69) is 35.9 Å². The number of methoxy groups -OCH3 is 1. The first kappa shape index (κ1) is 14.8. The highest BCUT2D eigenvalue weighted by atomic mass is 16.5. The van der Waals surface area contributed by atoms with Gasteiger partial charge < -0.3 is 14.2 Å². The topological polar surface area (TPSA) is 34.5 Å². The van der Waals surface area contributed by atoms with Crippen LogP contribution in [0.25, 0.3) is 10.9 Å². The molecule has 24 heavy (non-hydrogen) atoms. The first-order valence-corrected chi connectivity index (χ1v) is 8.29. The molecule has 0 unspecified atom stereocenters. The van der Waals surface area contributed by atoms with Crippen LogP contribution in [0, 0.1) is 0 Å².